The molecule has 2 aromatic carbocycles. The molecule has 0 N–H and O–H groups in total. The van der Waals surface area contributed by atoms with Gasteiger partial charge in [0.1, 0.15) is 5.75 Å². The Balaban J connectivity index is 2.60. The second-order valence-electron chi connectivity index (χ2n) is 5.41. The smallest absolute Gasteiger partial charge is 0.197 e. The molecule has 0 aliphatic heterocycles. The van der Waals surface area contributed by atoms with Crippen LogP contribution in [0.5, 0.6) is 5.75 Å². The van der Waals surface area contributed by atoms with Gasteiger partial charge in [-0.3, -0.25) is 4.79 Å². The first kappa shape index (κ1) is 15.8. The molecule has 0 unspecified atom stereocenters. The highest BCUT2D eigenvalue weighted by molar-refractivity contribution is 9.10. The number of carbonyl (C=O) groups is 1. The Morgan fingerprint density at radius 3 is 2.05 bits per heavy atom. The third kappa shape index (κ3) is 3.03. The largest absolute Gasteiger partial charge is 0.496 e. The van der Waals surface area contributed by atoms with E-state index in [9.17, 15) is 4.79 Å². The molecular formula is C18H19BrO2. The number of hydrogen-bond donors (Lipinski definition) is 0. The van der Waals surface area contributed by atoms with Crippen LogP contribution in [0.25, 0.3) is 0 Å². The van der Waals surface area contributed by atoms with Crippen LogP contribution in [0.1, 0.15) is 38.2 Å². The van der Waals surface area contributed by atoms with E-state index in [2.05, 4.69) is 15.9 Å². The van der Waals surface area contributed by atoms with Crippen LogP contribution >= 0.6 is 15.9 Å². The van der Waals surface area contributed by atoms with Crippen LogP contribution < -0.4 is 4.74 Å². The van der Waals surface area contributed by atoms with Gasteiger partial charge in [0.25, 0.3) is 0 Å². The van der Waals surface area contributed by atoms with Gasteiger partial charge in [-0.05, 0) is 68.1 Å². The van der Waals surface area contributed by atoms with Gasteiger partial charge in [0.15, 0.2) is 5.78 Å². The molecule has 2 aromatic rings. The molecule has 21 heavy (non-hydrogen) atoms. The second-order valence-corrected chi connectivity index (χ2v) is 6.21. The zero-order valence-electron chi connectivity index (χ0n) is 13.0. The summed E-state index contributed by atoms with van der Waals surface area (Å²) in [7, 11) is 1.60. The molecule has 0 spiro atoms. The molecule has 2 nitrogen and oxygen atoms in total. The summed E-state index contributed by atoms with van der Waals surface area (Å²) in [6.07, 6.45) is 0. The Hall–Kier alpha value is -1.61. The first-order valence-corrected chi connectivity index (χ1v) is 7.61. The summed E-state index contributed by atoms with van der Waals surface area (Å²) >= 11 is 3.53. The second kappa shape index (κ2) is 6.02. The predicted molar refractivity (Wildman–Crippen MR) is 89.5 cm³/mol. The molecule has 0 aliphatic rings. The fourth-order valence-electron chi connectivity index (χ4n) is 2.60. The molecule has 0 radical (unpaired) electrons. The number of benzene rings is 2. The minimum absolute atomic E-state index is 0.00282. The molecule has 0 heterocycles. The van der Waals surface area contributed by atoms with Gasteiger partial charge in [-0.1, -0.05) is 22.0 Å². The maximum absolute atomic E-state index is 12.9. The molecule has 0 aromatic heterocycles. The summed E-state index contributed by atoms with van der Waals surface area (Å²) in [5.41, 5.74) is 5.48. The van der Waals surface area contributed by atoms with Gasteiger partial charge in [-0.15, -0.1) is 0 Å². The molecule has 110 valence electrons. The summed E-state index contributed by atoms with van der Waals surface area (Å²) in [5, 5.41) is 0. The van der Waals surface area contributed by atoms with E-state index in [-0.39, 0.29) is 5.78 Å². The normalized spacial score (nSPS) is 10.6. The van der Waals surface area contributed by atoms with Crippen LogP contribution in [0, 0.1) is 27.7 Å². The zero-order valence-corrected chi connectivity index (χ0v) is 14.6. The molecule has 0 atom stereocenters. The van der Waals surface area contributed by atoms with Gasteiger partial charge in [0, 0.05) is 10.0 Å². The third-order valence-electron chi connectivity index (χ3n) is 3.59. The monoisotopic (exact) mass is 346 g/mol. The zero-order chi connectivity index (χ0) is 15.7. The van der Waals surface area contributed by atoms with Crippen molar-refractivity contribution in [2.24, 2.45) is 0 Å². The quantitative estimate of drug-likeness (QED) is 0.737. The lowest BCUT2D eigenvalue weighted by atomic mass is 9.94. The Bertz CT molecular complexity index is 694. The average Bonchev–Trinajstić information content (AvgIpc) is 2.42. The van der Waals surface area contributed by atoms with Crippen LogP contribution in [0.15, 0.2) is 28.7 Å². The van der Waals surface area contributed by atoms with Gasteiger partial charge in [0.05, 0.1) is 12.7 Å². The van der Waals surface area contributed by atoms with E-state index in [1.54, 1.807) is 7.11 Å². The molecule has 2 rings (SSSR count). The maximum Gasteiger partial charge on any atom is 0.197 e. The summed E-state index contributed by atoms with van der Waals surface area (Å²) in [5.74, 6) is 0.638. The first-order chi connectivity index (χ1) is 9.85. The average molecular weight is 347 g/mol. The molecular weight excluding hydrogens is 328 g/mol. The molecule has 3 heteroatoms. The van der Waals surface area contributed by atoms with Crippen molar-refractivity contribution in [2.45, 2.75) is 27.7 Å². The molecule has 0 saturated heterocycles. The van der Waals surface area contributed by atoms with Crippen molar-refractivity contribution in [3.05, 3.63) is 62.1 Å². The summed E-state index contributed by atoms with van der Waals surface area (Å²) in [4.78, 5) is 12.9. The van der Waals surface area contributed by atoms with E-state index >= 15 is 0 Å². The minimum atomic E-state index is 0.00282. The molecule has 0 bridgehead atoms. The lowest BCUT2D eigenvalue weighted by Gasteiger charge is -2.13. The molecule has 0 fully saturated rings. The van der Waals surface area contributed by atoms with Crippen molar-refractivity contribution in [3.8, 4) is 5.75 Å². The SMILES string of the molecule is COc1cc(C)cc(C)c1C(=O)c1cc(C)c(Br)c(C)c1. The van der Waals surface area contributed by atoms with Gasteiger partial charge in [-0.2, -0.15) is 0 Å². The van der Waals surface area contributed by atoms with Gasteiger partial charge < -0.3 is 4.74 Å². The van der Waals surface area contributed by atoms with Crippen LogP contribution in [-0.4, -0.2) is 12.9 Å². The minimum Gasteiger partial charge on any atom is -0.496 e. The van der Waals surface area contributed by atoms with E-state index in [0.717, 1.165) is 26.7 Å². The van der Waals surface area contributed by atoms with Crippen molar-refractivity contribution in [1.29, 1.82) is 0 Å². The number of ketones is 1. The lowest BCUT2D eigenvalue weighted by molar-refractivity contribution is 0.103. The Kier molecular flexibility index (Phi) is 4.52. The lowest BCUT2D eigenvalue weighted by Crippen LogP contribution is -2.08. The van der Waals surface area contributed by atoms with E-state index in [4.69, 9.17) is 4.74 Å². The number of halogens is 1. The van der Waals surface area contributed by atoms with Crippen LogP contribution in [0.4, 0.5) is 0 Å². The summed E-state index contributed by atoms with van der Waals surface area (Å²) in [6, 6.07) is 7.74. The van der Waals surface area contributed by atoms with Gasteiger partial charge in [0.2, 0.25) is 0 Å². The molecule has 0 amide bonds. The third-order valence-corrected chi connectivity index (χ3v) is 4.84. The Labute approximate surface area is 134 Å². The van der Waals surface area contributed by atoms with E-state index in [1.165, 1.54) is 0 Å². The highest BCUT2D eigenvalue weighted by atomic mass is 79.9. The van der Waals surface area contributed by atoms with E-state index in [1.807, 2.05) is 52.0 Å². The van der Waals surface area contributed by atoms with E-state index < -0.39 is 0 Å². The van der Waals surface area contributed by atoms with Crippen molar-refractivity contribution in [3.63, 3.8) is 0 Å². The van der Waals surface area contributed by atoms with Crippen LogP contribution in [0.2, 0.25) is 0 Å². The summed E-state index contributed by atoms with van der Waals surface area (Å²) < 4.78 is 6.45. The number of rotatable bonds is 3. The number of carbonyl (C=O) groups excluding carboxylic acids is 1. The Morgan fingerprint density at radius 2 is 1.52 bits per heavy atom. The highest BCUT2D eigenvalue weighted by Crippen LogP contribution is 2.29. The van der Waals surface area contributed by atoms with Crippen LogP contribution in [0.3, 0.4) is 0 Å². The summed E-state index contributed by atoms with van der Waals surface area (Å²) in [6.45, 7) is 7.93. The fraction of sp³-hybridized carbons (Fsp3) is 0.278. The molecule has 0 saturated carbocycles. The number of aryl methyl sites for hydroxylation is 4. The number of methoxy groups -OCH3 is 1. The maximum atomic E-state index is 12.9. The topological polar surface area (TPSA) is 26.3 Å². The molecule has 0 aliphatic carbocycles. The van der Waals surface area contributed by atoms with Gasteiger partial charge >= 0.3 is 0 Å². The fourth-order valence-corrected chi connectivity index (χ4v) is 2.83. The first-order valence-electron chi connectivity index (χ1n) is 6.81. The Morgan fingerprint density at radius 1 is 0.952 bits per heavy atom. The standard InChI is InChI=1S/C18H19BrO2/c1-10-6-11(2)16(15(7-10)21-5)18(20)14-8-12(3)17(19)13(4)9-14/h6-9H,1-5H3. The van der Waals surface area contributed by atoms with Crippen molar-refractivity contribution >= 4 is 21.7 Å². The van der Waals surface area contributed by atoms with Gasteiger partial charge in [-0.25, -0.2) is 0 Å². The highest BCUT2D eigenvalue weighted by Gasteiger charge is 2.19. The van der Waals surface area contributed by atoms with Crippen molar-refractivity contribution in [1.82, 2.24) is 0 Å². The van der Waals surface area contributed by atoms with Crippen molar-refractivity contribution in [2.75, 3.05) is 7.11 Å². The number of hydrogen-bond acceptors (Lipinski definition) is 2. The number of ether oxygens (including phenoxy) is 1. The van der Waals surface area contributed by atoms with Crippen molar-refractivity contribution < 1.29 is 9.53 Å². The van der Waals surface area contributed by atoms with E-state index in [0.29, 0.717) is 16.9 Å². The van der Waals surface area contributed by atoms with Crippen LogP contribution in [-0.2, 0) is 0 Å². The predicted octanol–water partition coefficient (Wildman–Crippen LogP) is 4.92.